The lowest BCUT2D eigenvalue weighted by Gasteiger charge is -2.25. The molecular formula is C13H20N4O3. The van der Waals surface area contributed by atoms with Crippen molar-refractivity contribution in [3.05, 3.63) is 18.2 Å². The van der Waals surface area contributed by atoms with E-state index in [4.69, 9.17) is 5.11 Å². The number of nitrogens with zero attached hydrogens (tertiary/aromatic N) is 2. The lowest BCUT2D eigenvalue weighted by atomic mass is 9.99. The first-order chi connectivity index (χ1) is 9.32. The quantitative estimate of drug-likeness (QED) is 0.737. The van der Waals surface area contributed by atoms with Crippen molar-refractivity contribution in [1.29, 1.82) is 0 Å². The zero-order chi connectivity index (χ0) is 15.2. The van der Waals surface area contributed by atoms with Gasteiger partial charge in [0.15, 0.2) is 0 Å². The maximum atomic E-state index is 11.8. The Hall–Kier alpha value is -2.18. The van der Waals surface area contributed by atoms with Gasteiger partial charge in [-0.05, 0) is 20.3 Å². The maximum Gasteiger partial charge on any atom is 0.319 e. The zero-order valence-corrected chi connectivity index (χ0v) is 11.9. The van der Waals surface area contributed by atoms with Gasteiger partial charge in [-0.2, -0.15) is 0 Å². The highest BCUT2D eigenvalue weighted by Crippen LogP contribution is 2.12. The molecule has 0 saturated carbocycles. The standard InChI is InChI=1S/C13H20N4O3/c1-4-10-14-7-9(8-15-10)16-12(20)17-13(2,3)6-5-11(18)19/h7-8H,4-6H2,1-3H3,(H,18,19)(H2,16,17,20). The molecule has 1 aromatic rings. The predicted molar refractivity (Wildman–Crippen MR) is 74.5 cm³/mol. The molecule has 7 nitrogen and oxygen atoms in total. The molecule has 0 atom stereocenters. The van der Waals surface area contributed by atoms with Crippen molar-refractivity contribution in [2.45, 2.75) is 45.6 Å². The first-order valence-corrected chi connectivity index (χ1v) is 6.44. The first-order valence-electron chi connectivity index (χ1n) is 6.44. The van der Waals surface area contributed by atoms with Crippen LogP contribution in [-0.4, -0.2) is 32.6 Å². The van der Waals surface area contributed by atoms with Gasteiger partial charge in [0.2, 0.25) is 0 Å². The third kappa shape index (κ3) is 5.64. The molecule has 0 fully saturated rings. The van der Waals surface area contributed by atoms with Gasteiger partial charge in [0.1, 0.15) is 5.82 Å². The molecule has 1 rings (SSSR count). The highest BCUT2D eigenvalue weighted by atomic mass is 16.4. The summed E-state index contributed by atoms with van der Waals surface area (Å²) in [5.41, 5.74) is -0.110. The van der Waals surface area contributed by atoms with E-state index in [2.05, 4.69) is 20.6 Å². The molecule has 110 valence electrons. The van der Waals surface area contributed by atoms with Crippen molar-refractivity contribution in [2.75, 3.05) is 5.32 Å². The number of aromatic nitrogens is 2. The number of rotatable bonds is 6. The van der Waals surface area contributed by atoms with E-state index in [-0.39, 0.29) is 6.42 Å². The second kappa shape index (κ2) is 6.83. The average molecular weight is 280 g/mol. The first kappa shape index (κ1) is 15.9. The molecule has 0 aromatic carbocycles. The van der Waals surface area contributed by atoms with Crippen molar-refractivity contribution in [2.24, 2.45) is 0 Å². The molecule has 0 aliphatic carbocycles. The van der Waals surface area contributed by atoms with Crippen molar-refractivity contribution in [3.8, 4) is 0 Å². The van der Waals surface area contributed by atoms with Gasteiger partial charge in [-0.25, -0.2) is 14.8 Å². The largest absolute Gasteiger partial charge is 0.481 e. The fourth-order valence-electron chi connectivity index (χ4n) is 1.55. The molecule has 0 aliphatic heterocycles. The highest BCUT2D eigenvalue weighted by Gasteiger charge is 2.21. The van der Waals surface area contributed by atoms with Gasteiger partial charge in [-0.3, -0.25) is 4.79 Å². The van der Waals surface area contributed by atoms with E-state index in [0.29, 0.717) is 17.9 Å². The minimum Gasteiger partial charge on any atom is -0.481 e. The molecule has 7 heteroatoms. The Morgan fingerprint density at radius 2 is 1.90 bits per heavy atom. The number of carboxylic acid groups (broad SMARTS) is 1. The Bertz CT molecular complexity index is 471. The van der Waals surface area contributed by atoms with Gasteiger partial charge in [0.25, 0.3) is 0 Å². The van der Waals surface area contributed by atoms with Crippen LogP contribution < -0.4 is 10.6 Å². The third-order valence-corrected chi connectivity index (χ3v) is 2.70. The molecule has 0 unspecified atom stereocenters. The number of carbonyl (C=O) groups excluding carboxylic acids is 1. The molecule has 0 saturated heterocycles. The summed E-state index contributed by atoms with van der Waals surface area (Å²) in [6.07, 6.45) is 4.16. The summed E-state index contributed by atoms with van der Waals surface area (Å²) in [5, 5.41) is 14.0. The highest BCUT2D eigenvalue weighted by molar-refractivity contribution is 5.89. The van der Waals surface area contributed by atoms with Crippen molar-refractivity contribution in [1.82, 2.24) is 15.3 Å². The second-order valence-corrected chi connectivity index (χ2v) is 5.10. The molecule has 3 N–H and O–H groups in total. The monoisotopic (exact) mass is 280 g/mol. The fraction of sp³-hybridized carbons (Fsp3) is 0.538. The minimum atomic E-state index is -0.885. The van der Waals surface area contributed by atoms with E-state index in [9.17, 15) is 9.59 Å². The van der Waals surface area contributed by atoms with E-state index in [1.807, 2.05) is 6.92 Å². The van der Waals surface area contributed by atoms with Crippen LogP contribution in [0.1, 0.15) is 39.4 Å². The SMILES string of the molecule is CCc1ncc(NC(=O)NC(C)(C)CCC(=O)O)cn1. The molecule has 1 heterocycles. The van der Waals surface area contributed by atoms with E-state index in [0.717, 1.165) is 6.42 Å². The molecule has 0 spiro atoms. The summed E-state index contributed by atoms with van der Waals surface area (Å²) >= 11 is 0. The number of anilines is 1. The summed E-state index contributed by atoms with van der Waals surface area (Å²) in [6, 6.07) is -0.409. The fourth-order valence-corrected chi connectivity index (χ4v) is 1.55. The van der Waals surface area contributed by atoms with Crippen LogP contribution in [-0.2, 0) is 11.2 Å². The van der Waals surface area contributed by atoms with Crippen LogP contribution in [0.3, 0.4) is 0 Å². The van der Waals surface area contributed by atoms with Crippen LogP contribution in [0.5, 0.6) is 0 Å². The van der Waals surface area contributed by atoms with E-state index >= 15 is 0 Å². The van der Waals surface area contributed by atoms with Gasteiger partial charge >= 0.3 is 12.0 Å². The smallest absolute Gasteiger partial charge is 0.319 e. The Kier molecular flexibility index (Phi) is 5.42. The van der Waals surface area contributed by atoms with Gasteiger partial charge < -0.3 is 15.7 Å². The number of aliphatic carboxylic acids is 1. The van der Waals surface area contributed by atoms with Crippen LogP contribution in [0.2, 0.25) is 0 Å². The van der Waals surface area contributed by atoms with Crippen molar-refractivity contribution >= 4 is 17.7 Å². The number of hydrogen-bond acceptors (Lipinski definition) is 4. The molecule has 0 aliphatic rings. The number of nitrogens with one attached hydrogen (secondary N) is 2. The normalized spacial score (nSPS) is 10.9. The zero-order valence-electron chi connectivity index (χ0n) is 11.9. The van der Waals surface area contributed by atoms with Crippen LogP contribution in [0.15, 0.2) is 12.4 Å². The van der Waals surface area contributed by atoms with Crippen molar-refractivity contribution in [3.63, 3.8) is 0 Å². The minimum absolute atomic E-state index is 0.00158. The number of carboxylic acids is 1. The number of urea groups is 1. The summed E-state index contributed by atoms with van der Waals surface area (Å²) < 4.78 is 0. The van der Waals surface area contributed by atoms with E-state index in [1.165, 1.54) is 12.4 Å². The van der Waals surface area contributed by atoms with Crippen molar-refractivity contribution < 1.29 is 14.7 Å². The van der Waals surface area contributed by atoms with Gasteiger partial charge in [0.05, 0.1) is 18.1 Å². The average Bonchev–Trinajstić information content (AvgIpc) is 2.37. The molecule has 20 heavy (non-hydrogen) atoms. The Morgan fingerprint density at radius 3 is 2.40 bits per heavy atom. The summed E-state index contributed by atoms with van der Waals surface area (Å²) in [5.74, 6) is -0.179. The van der Waals surface area contributed by atoms with Crippen LogP contribution in [0, 0.1) is 0 Å². The lowest BCUT2D eigenvalue weighted by Crippen LogP contribution is -2.45. The lowest BCUT2D eigenvalue weighted by molar-refractivity contribution is -0.137. The summed E-state index contributed by atoms with van der Waals surface area (Å²) in [6.45, 7) is 5.48. The Balaban J connectivity index is 2.51. The van der Waals surface area contributed by atoms with Crippen LogP contribution >= 0.6 is 0 Å². The van der Waals surface area contributed by atoms with Crippen LogP contribution in [0.4, 0.5) is 10.5 Å². The molecule has 0 bridgehead atoms. The number of hydrogen-bond donors (Lipinski definition) is 3. The molecular weight excluding hydrogens is 260 g/mol. The number of aryl methyl sites for hydroxylation is 1. The Morgan fingerprint density at radius 1 is 1.30 bits per heavy atom. The van der Waals surface area contributed by atoms with Gasteiger partial charge in [-0.1, -0.05) is 6.92 Å². The molecule has 1 aromatic heterocycles. The van der Waals surface area contributed by atoms with Gasteiger partial charge in [-0.15, -0.1) is 0 Å². The maximum absolute atomic E-state index is 11.8. The second-order valence-electron chi connectivity index (χ2n) is 5.10. The predicted octanol–water partition coefficient (Wildman–Crippen LogP) is 1.80. The van der Waals surface area contributed by atoms with E-state index in [1.54, 1.807) is 13.8 Å². The third-order valence-electron chi connectivity index (χ3n) is 2.70. The number of amides is 2. The summed E-state index contributed by atoms with van der Waals surface area (Å²) in [4.78, 5) is 30.5. The van der Waals surface area contributed by atoms with Crippen LogP contribution in [0.25, 0.3) is 0 Å². The molecule has 0 radical (unpaired) electrons. The number of carbonyl (C=O) groups is 2. The topological polar surface area (TPSA) is 104 Å². The Labute approximate surface area is 117 Å². The van der Waals surface area contributed by atoms with E-state index < -0.39 is 17.5 Å². The van der Waals surface area contributed by atoms with Gasteiger partial charge in [0, 0.05) is 18.4 Å². The molecule has 2 amide bonds. The summed E-state index contributed by atoms with van der Waals surface area (Å²) in [7, 11) is 0.